The lowest BCUT2D eigenvalue weighted by Gasteiger charge is -2.10. The average Bonchev–Trinajstić information content (AvgIpc) is 2.94. The summed E-state index contributed by atoms with van der Waals surface area (Å²) < 4.78 is 1.50. The number of aromatic amines is 1. The smallest absolute Gasteiger partial charge is 0.268 e. The van der Waals surface area contributed by atoms with Crippen molar-refractivity contribution in [3.05, 3.63) is 73.6 Å². The van der Waals surface area contributed by atoms with Crippen molar-refractivity contribution >= 4 is 45.4 Å². The standard InChI is InChI=1S/C19H13ClN2O2S2/c1-10-15(11-5-3-2-4-6-11)16-17(26-10)21-19(25)22(18(16)24)13-9-12(20)7-8-14(13)23/h2-9,23H,1H3,(H,21,25). The first-order valence-electron chi connectivity index (χ1n) is 7.80. The van der Waals surface area contributed by atoms with Gasteiger partial charge in [-0.15, -0.1) is 11.3 Å². The molecule has 2 aromatic heterocycles. The predicted molar refractivity (Wildman–Crippen MR) is 109 cm³/mol. The number of nitrogens with one attached hydrogen (secondary N) is 1. The molecule has 0 aliphatic heterocycles. The second-order valence-corrected chi connectivity index (χ2v) is 7.86. The lowest BCUT2D eigenvalue weighted by molar-refractivity contribution is 0.471. The Labute approximate surface area is 162 Å². The second-order valence-electron chi connectivity index (χ2n) is 5.81. The number of thiophene rings is 1. The normalized spacial score (nSPS) is 11.2. The van der Waals surface area contributed by atoms with Crippen LogP contribution in [0.5, 0.6) is 5.75 Å². The second kappa shape index (κ2) is 6.39. The van der Waals surface area contributed by atoms with Gasteiger partial charge in [0.2, 0.25) is 0 Å². The van der Waals surface area contributed by atoms with Gasteiger partial charge in [0.1, 0.15) is 10.6 Å². The van der Waals surface area contributed by atoms with Crippen molar-refractivity contribution in [2.75, 3.05) is 0 Å². The SMILES string of the molecule is Cc1sc2[nH]c(=S)n(-c3cc(Cl)ccc3O)c(=O)c2c1-c1ccccc1. The highest BCUT2D eigenvalue weighted by atomic mass is 35.5. The van der Waals surface area contributed by atoms with Crippen molar-refractivity contribution in [2.24, 2.45) is 0 Å². The minimum atomic E-state index is -0.287. The third-order valence-corrected chi connectivity index (χ3v) is 5.71. The van der Waals surface area contributed by atoms with E-state index in [1.54, 1.807) is 6.07 Å². The number of benzene rings is 2. The number of phenols is 1. The van der Waals surface area contributed by atoms with Crippen molar-refractivity contribution < 1.29 is 5.11 Å². The number of rotatable bonds is 2. The highest BCUT2D eigenvalue weighted by Crippen LogP contribution is 2.36. The Morgan fingerprint density at radius 2 is 1.92 bits per heavy atom. The van der Waals surface area contributed by atoms with E-state index in [0.29, 0.717) is 15.2 Å². The molecule has 0 atom stereocenters. The summed E-state index contributed by atoms with van der Waals surface area (Å²) in [5.41, 5.74) is 1.80. The van der Waals surface area contributed by atoms with Crippen LogP contribution in [0.3, 0.4) is 0 Å². The van der Waals surface area contributed by atoms with E-state index in [-0.39, 0.29) is 21.8 Å². The molecule has 0 unspecified atom stereocenters. The molecule has 0 saturated heterocycles. The van der Waals surface area contributed by atoms with Gasteiger partial charge in [-0.3, -0.25) is 4.79 Å². The van der Waals surface area contributed by atoms with Gasteiger partial charge in [-0.1, -0.05) is 41.9 Å². The molecular formula is C19H13ClN2O2S2. The van der Waals surface area contributed by atoms with E-state index in [1.165, 1.54) is 28.0 Å². The number of fused-ring (bicyclic) bond motifs is 1. The number of hydrogen-bond donors (Lipinski definition) is 2. The number of aromatic nitrogens is 2. The van der Waals surface area contributed by atoms with Gasteiger partial charge in [0.25, 0.3) is 5.56 Å². The topological polar surface area (TPSA) is 58.0 Å². The molecule has 2 heterocycles. The van der Waals surface area contributed by atoms with Gasteiger partial charge in [-0.05, 0) is 42.9 Å². The van der Waals surface area contributed by atoms with Crippen LogP contribution < -0.4 is 5.56 Å². The first-order chi connectivity index (χ1) is 12.5. The summed E-state index contributed by atoms with van der Waals surface area (Å²) in [4.78, 5) is 18.2. The van der Waals surface area contributed by atoms with Gasteiger partial charge in [0.05, 0.1) is 11.1 Å². The van der Waals surface area contributed by atoms with Gasteiger partial charge >= 0.3 is 0 Å². The zero-order valence-electron chi connectivity index (χ0n) is 13.6. The van der Waals surface area contributed by atoms with Crippen LogP contribution >= 0.6 is 35.2 Å². The fourth-order valence-corrected chi connectivity index (χ4v) is 4.62. The fraction of sp³-hybridized carbons (Fsp3) is 0.0526. The Kier molecular flexibility index (Phi) is 4.19. The molecule has 0 bridgehead atoms. The monoisotopic (exact) mass is 400 g/mol. The minimum Gasteiger partial charge on any atom is -0.506 e. The number of aryl methyl sites for hydroxylation is 1. The number of nitrogens with zero attached hydrogens (tertiary/aromatic N) is 1. The molecule has 130 valence electrons. The van der Waals surface area contributed by atoms with E-state index in [0.717, 1.165) is 16.0 Å². The number of phenolic OH excluding ortho intramolecular Hbond substituents is 1. The first-order valence-corrected chi connectivity index (χ1v) is 9.40. The molecule has 4 rings (SSSR count). The Bertz CT molecular complexity index is 1260. The van der Waals surface area contributed by atoms with E-state index in [4.69, 9.17) is 23.8 Å². The maximum atomic E-state index is 13.3. The van der Waals surface area contributed by atoms with E-state index in [1.807, 2.05) is 37.3 Å². The van der Waals surface area contributed by atoms with Crippen LogP contribution in [0.15, 0.2) is 53.3 Å². The summed E-state index contributed by atoms with van der Waals surface area (Å²) in [5, 5.41) is 11.2. The molecule has 0 aliphatic rings. The van der Waals surface area contributed by atoms with E-state index >= 15 is 0 Å². The lowest BCUT2D eigenvalue weighted by atomic mass is 10.0. The van der Waals surface area contributed by atoms with Crippen molar-refractivity contribution in [3.8, 4) is 22.6 Å². The molecule has 26 heavy (non-hydrogen) atoms. The van der Waals surface area contributed by atoms with Crippen LogP contribution in [0.2, 0.25) is 5.02 Å². The third kappa shape index (κ3) is 2.67. The zero-order chi connectivity index (χ0) is 18.4. The third-order valence-electron chi connectivity index (χ3n) is 4.17. The molecular weight excluding hydrogens is 388 g/mol. The highest BCUT2D eigenvalue weighted by molar-refractivity contribution is 7.71. The summed E-state index contributed by atoms with van der Waals surface area (Å²) >= 11 is 12.9. The van der Waals surface area contributed by atoms with Gasteiger partial charge in [-0.25, -0.2) is 4.57 Å². The van der Waals surface area contributed by atoms with Gasteiger partial charge in [0.15, 0.2) is 4.77 Å². The molecule has 0 saturated carbocycles. The maximum Gasteiger partial charge on any atom is 0.268 e. The van der Waals surface area contributed by atoms with Gasteiger partial charge < -0.3 is 10.1 Å². The summed E-state index contributed by atoms with van der Waals surface area (Å²) in [6.07, 6.45) is 0. The summed E-state index contributed by atoms with van der Waals surface area (Å²) in [5.74, 6) is -0.0661. The number of hydrogen-bond acceptors (Lipinski definition) is 4. The van der Waals surface area contributed by atoms with Crippen LogP contribution in [-0.2, 0) is 0 Å². The van der Waals surface area contributed by atoms with E-state index in [9.17, 15) is 9.90 Å². The summed E-state index contributed by atoms with van der Waals surface area (Å²) in [6.45, 7) is 1.98. The lowest BCUT2D eigenvalue weighted by Crippen LogP contribution is -2.20. The first kappa shape index (κ1) is 17.0. The zero-order valence-corrected chi connectivity index (χ0v) is 16.0. The molecule has 7 heteroatoms. The van der Waals surface area contributed by atoms with Crippen LogP contribution in [0, 0.1) is 11.7 Å². The van der Waals surface area contributed by atoms with Crippen molar-refractivity contribution in [1.82, 2.24) is 9.55 Å². The van der Waals surface area contributed by atoms with E-state index < -0.39 is 0 Å². The Morgan fingerprint density at radius 1 is 1.19 bits per heavy atom. The van der Waals surface area contributed by atoms with Gasteiger partial charge in [0, 0.05) is 15.5 Å². The molecule has 2 N–H and O–H groups in total. The largest absolute Gasteiger partial charge is 0.506 e. The Morgan fingerprint density at radius 3 is 2.65 bits per heavy atom. The van der Waals surface area contributed by atoms with Crippen LogP contribution in [0.1, 0.15) is 4.88 Å². The Hall–Kier alpha value is -2.41. The van der Waals surface area contributed by atoms with Crippen molar-refractivity contribution in [3.63, 3.8) is 0 Å². The molecule has 0 aliphatic carbocycles. The quantitative estimate of drug-likeness (QED) is 0.440. The highest BCUT2D eigenvalue weighted by Gasteiger charge is 2.19. The summed E-state index contributed by atoms with van der Waals surface area (Å²) in [7, 11) is 0. The maximum absolute atomic E-state index is 13.3. The van der Waals surface area contributed by atoms with Crippen molar-refractivity contribution in [1.29, 1.82) is 0 Å². The molecule has 4 nitrogen and oxygen atoms in total. The molecule has 2 aromatic carbocycles. The van der Waals surface area contributed by atoms with E-state index in [2.05, 4.69) is 4.98 Å². The van der Waals surface area contributed by atoms with Crippen LogP contribution in [-0.4, -0.2) is 14.7 Å². The van der Waals surface area contributed by atoms with Gasteiger partial charge in [-0.2, -0.15) is 0 Å². The molecule has 4 aromatic rings. The molecule has 0 fully saturated rings. The van der Waals surface area contributed by atoms with Crippen molar-refractivity contribution in [2.45, 2.75) is 6.92 Å². The fourth-order valence-electron chi connectivity index (χ4n) is 3.04. The number of H-pyrrole nitrogens is 1. The summed E-state index contributed by atoms with van der Waals surface area (Å²) in [6, 6.07) is 14.3. The Balaban J connectivity index is 2.14. The average molecular weight is 401 g/mol. The number of halogens is 1. The molecule has 0 amide bonds. The van der Waals surface area contributed by atoms with Crippen LogP contribution in [0.4, 0.5) is 0 Å². The minimum absolute atomic E-state index is 0.0661. The molecule has 0 radical (unpaired) electrons. The van der Waals surface area contributed by atoms with Crippen LogP contribution in [0.25, 0.3) is 27.0 Å². The molecule has 0 spiro atoms. The number of aromatic hydroxyl groups is 1. The predicted octanol–water partition coefficient (Wildman–Crippen LogP) is 5.44.